The monoisotopic (exact) mass is 345 g/mol. The van der Waals surface area contributed by atoms with Gasteiger partial charge < -0.3 is 0 Å². The SMILES string of the molecule is CCCCCCCCS(=O)(=O)ON=C(C)c1ccc(Cl)cc1. The Kier molecular flexibility index (Phi) is 8.49. The minimum atomic E-state index is -3.60. The molecule has 0 N–H and O–H groups in total. The molecule has 22 heavy (non-hydrogen) atoms. The molecule has 4 nitrogen and oxygen atoms in total. The number of nitrogens with zero attached hydrogens (tertiary/aromatic N) is 1. The minimum absolute atomic E-state index is 0.0104. The summed E-state index contributed by atoms with van der Waals surface area (Å²) in [4.78, 5) is 0. The van der Waals surface area contributed by atoms with Crippen LogP contribution in [0.1, 0.15) is 57.9 Å². The Balaban J connectivity index is 2.40. The number of hydrogen-bond donors (Lipinski definition) is 0. The molecule has 1 aromatic carbocycles. The third-order valence-corrected chi connectivity index (χ3v) is 4.64. The fourth-order valence-electron chi connectivity index (χ4n) is 1.95. The molecule has 1 aromatic rings. The van der Waals surface area contributed by atoms with Gasteiger partial charge in [-0.15, -0.1) is 0 Å². The molecule has 0 aliphatic rings. The van der Waals surface area contributed by atoms with Gasteiger partial charge in [0.15, 0.2) is 0 Å². The van der Waals surface area contributed by atoms with Gasteiger partial charge in [-0.1, -0.05) is 67.9 Å². The van der Waals surface area contributed by atoms with Gasteiger partial charge in [0.1, 0.15) is 0 Å². The molecular formula is C16H24ClNO3S. The summed E-state index contributed by atoms with van der Waals surface area (Å²) in [6.07, 6.45) is 6.12. The Labute approximate surface area is 138 Å². The Hall–Kier alpha value is -1.07. The third kappa shape index (κ3) is 7.80. The van der Waals surface area contributed by atoms with E-state index in [2.05, 4.69) is 12.1 Å². The zero-order valence-corrected chi connectivity index (χ0v) is 14.8. The molecule has 0 unspecified atom stereocenters. The Morgan fingerprint density at radius 1 is 1.09 bits per heavy atom. The van der Waals surface area contributed by atoms with Crippen LogP contribution in [0.3, 0.4) is 0 Å². The van der Waals surface area contributed by atoms with Crippen molar-refractivity contribution in [2.24, 2.45) is 5.16 Å². The van der Waals surface area contributed by atoms with E-state index in [1.807, 2.05) is 0 Å². The first-order valence-electron chi connectivity index (χ1n) is 7.66. The number of halogens is 1. The lowest BCUT2D eigenvalue weighted by Gasteiger charge is -2.04. The molecule has 0 heterocycles. The summed E-state index contributed by atoms with van der Waals surface area (Å²) < 4.78 is 28.2. The summed E-state index contributed by atoms with van der Waals surface area (Å²) in [6.45, 7) is 3.85. The second-order valence-corrected chi connectivity index (χ2v) is 7.40. The van der Waals surface area contributed by atoms with Crippen LogP contribution in [-0.4, -0.2) is 19.9 Å². The molecule has 0 aromatic heterocycles. The maximum Gasteiger partial charge on any atom is 0.328 e. The van der Waals surface area contributed by atoms with Crippen LogP contribution in [0.5, 0.6) is 0 Å². The molecule has 0 aliphatic heterocycles. The van der Waals surface area contributed by atoms with Crippen molar-refractivity contribution in [3.63, 3.8) is 0 Å². The van der Waals surface area contributed by atoms with E-state index in [4.69, 9.17) is 15.9 Å². The summed E-state index contributed by atoms with van der Waals surface area (Å²) >= 11 is 5.80. The number of unbranched alkanes of at least 4 members (excludes halogenated alkanes) is 5. The van der Waals surface area contributed by atoms with Crippen LogP contribution in [0.25, 0.3) is 0 Å². The molecule has 0 saturated heterocycles. The van der Waals surface area contributed by atoms with Gasteiger partial charge in [-0.3, -0.25) is 4.28 Å². The lowest BCUT2D eigenvalue weighted by Crippen LogP contribution is -2.09. The molecule has 0 aliphatic carbocycles. The van der Waals surface area contributed by atoms with E-state index in [0.29, 0.717) is 17.2 Å². The van der Waals surface area contributed by atoms with Crippen LogP contribution >= 0.6 is 11.6 Å². The van der Waals surface area contributed by atoms with Crippen LogP contribution in [0, 0.1) is 0 Å². The topological polar surface area (TPSA) is 55.7 Å². The Bertz CT molecular complexity index is 568. The van der Waals surface area contributed by atoms with Gasteiger partial charge in [0.05, 0.1) is 11.5 Å². The van der Waals surface area contributed by atoms with Gasteiger partial charge in [0.25, 0.3) is 0 Å². The van der Waals surface area contributed by atoms with Gasteiger partial charge in [-0.05, 0) is 31.0 Å². The normalized spacial score (nSPS) is 12.4. The van der Waals surface area contributed by atoms with Crippen molar-refractivity contribution in [3.05, 3.63) is 34.9 Å². The molecule has 0 saturated carbocycles. The molecule has 0 radical (unpaired) electrons. The van der Waals surface area contributed by atoms with Gasteiger partial charge in [-0.2, -0.15) is 8.42 Å². The van der Waals surface area contributed by atoms with Crippen LogP contribution in [0.15, 0.2) is 29.4 Å². The summed E-state index contributed by atoms with van der Waals surface area (Å²) in [5.41, 5.74) is 1.28. The number of oxime groups is 1. The van der Waals surface area contributed by atoms with Gasteiger partial charge in [0.2, 0.25) is 0 Å². The van der Waals surface area contributed by atoms with Gasteiger partial charge in [-0.25, -0.2) is 0 Å². The summed E-state index contributed by atoms with van der Waals surface area (Å²) in [5.74, 6) is 0.0104. The van der Waals surface area contributed by atoms with E-state index >= 15 is 0 Å². The quantitative estimate of drug-likeness (QED) is 0.348. The predicted molar refractivity (Wildman–Crippen MR) is 91.9 cm³/mol. The fourth-order valence-corrected chi connectivity index (χ4v) is 2.94. The maximum atomic E-state index is 11.8. The Morgan fingerprint density at radius 2 is 1.68 bits per heavy atom. The largest absolute Gasteiger partial charge is 0.328 e. The van der Waals surface area contributed by atoms with Crippen molar-refractivity contribution >= 4 is 27.4 Å². The van der Waals surface area contributed by atoms with Crippen LogP contribution in [0.2, 0.25) is 5.02 Å². The van der Waals surface area contributed by atoms with E-state index < -0.39 is 10.1 Å². The highest BCUT2D eigenvalue weighted by atomic mass is 35.5. The van der Waals surface area contributed by atoms with Gasteiger partial charge >= 0.3 is 10.1 Å². The van der Waals surface area contributed by atoms with E-state index in [1.54, 1.807) is 31.2 Å². The first-order valence-corrected chi connectivity index (χ1v) is 9.62. The highest BCUT2D eigenvalue weighted by molar-refractivity contribution is 7.86. The Morgan fingerprint density at radius 3 is 2.32 bits per heavy atom. The van der Waals surface area contributed by atoms with Gasteiger partial charge in [0, 0.05) is 5.02 Å². The molecule has 1 rings (SSSR count). The molecule has 0 bridgehead atoms. The van der Waals surface area contributed by atoms with Crippen LogP contribution < -0.4 is 0 Å². The first kappa shape index (κ1) is 19.0. The molecule has 0 spiro atoms. The van der Waals surface area contributed by atoms with Crippen molar-refractivity contribution in [2.75, 3.05) is 5.75 Å². The number of hydrogen-bond acceptors (Lipinski definition) is 4. The van der Waals surface area contributed by atoms with Crippen molar-refractivity contribution < 1.29 is 12.7 Å². The number of benzene rings is 1. The minimum Gasteiger partial charge on any atom is -0.268 e. The molecule has 6 heteroatoms. The van der Waals surface area contributed by atoms with E-state index in [0.717, 1.165) is 24.8 Å². The lowest BCUT2D eigenvalue weighted by atomic mass is 10.1. The van der Waals surface area contributed by atoms with E-state index in [1.165, 1.54) is 12.8 Å². The summed E-state index contributed by atoms with van der Waals surface area (Å²) in [6, 6.07) is 6.98. The van der Waals surface area contributed by atoms with Crippen molar-refractivity contribution in [1.82, 2.24) is 0 Å². The highest BCUT2D eigenvalue weighted by Crippen LogP contribution is 2.11. The van der Waals surface area contributed by atoms with Crippen molar-refractivity contribution in [3.8, 4) is 0 Å². The van der Waals surface area contributed by atoms with Crippen molar-refractivity contribution in [1.29, 1.82) is 0 Å². The van der Waals surface area contributed by atoms with Crippen molar-refractivity contribution in [2.45, 2.75) is 52.4 Å². The first-order chi connectivity index (χ1) is 10.4. The second-order valence-electron chi connectivity index (χ2n) is 5.29. The summed E-state index contributed by atoms with van der Waals surface area (Å²) in [7, 11) is -3.60. The molecule has 0 fully saturated rings. The lowest BCUT2D eigenvalue weighted by molar-refractivity contribution is 0.337. The fraction of sp³-hybridized carbons (Fsp3) is 0.562. The van der Waals surface area contributed by atoms with Crippen LogP contribution in [0.4, 0.5) is 0 Å². The second kappa shape index (κ2) is 9.85. The smallest absolute Gasteiger partial charge is 0.268 e. The standard InChI is InChI=1S/C16H24ClNO3S/c1-3-4-5-6-7-8-13-22(19,20)21-18-14(2)15-9-11-16(17)12-10-15/h9-12H,3-8,13H2,1-2H3. The van der Waals surface area contributed by atoms with E-state index in [9.17, 15) is 8.42 Å². The van der Waals surface area contributed by atoms with E-state index in [-0.39, 0.29) is 5.75 Å². The number of rotatable bonds is 10. The molecular weight excluding hydrogens is 322 g/mol. The molecule has 0 atom stereocenters. The molecule has 0 amide bonds. The molecule has 124 valence electrons. The maximum absolute atomic E-state index is 11.8. The predicted octanol–water partition coefficient (Wildman–Crippen LogP) is 4.77. The zero-order chi connectivity index (χ0) is 16.4. The highest BCUT2D eigenvalue weighted by Gasteiger charge is 2.11. The zero-order valence-electron chi connectivity index (χ0n) is 13.2. The average Bonchev–Trinajstić information content (AvgIpc) is 2.49. The average molecular weight is 346 g/mol. The van der Waals surface area contributed by atoms with Crippen LogP contribution in [-0.2, 0) is 14.4 Å². The summed E-state index contributed by atoms with van der Waals surface area (Å²) in [5, 5.41) is 4.33. The third-order valence-electron chi connectivity index (χ3n) is 3.30.